The predicted molar refractivity (Wildman–Crippen MR) is 99.7 cm³/mol. The lowest BCUT2D eigenvalue weighted by Gasteiger charge is -2.11. The van der Waals surface area contributed by atoms with Gasteiger partial charge in [0.2, 0.25) is 0 Å². The first-order valence-corrected chi connectivity index (χ1v) is 8.91. The van der Waals surface area contributed by atoms with Crippen LogP contribution < -0.4 is 5.32 Å². The van der Waals surface area contributed by atoms with Crippen molar-refractivity contribution >= 4 is 22.9 Å². The number of rotatable bonds is 5. The average molecular weight is 364 g/mol. The first kappa shape index (κ1) is 16.2. The van der Waals surface area contributed by atoms with E-state index in [0.717, 1.165) is 11.3 Å². The highest BCUT2D eigenvalue weighted by Crippen LogP contribution is 2.19. The summed E-state index contributed by atoms with van der Waals surface area (Å²) in [5.41, 5.74) is 3.14. The van der Waals surface area contributed by atoms with Gasteiger partial charge >= 0.3 is 0 Å². The maximum absolute atomic E-state index is 12.7. The fourth-order valence-corrected chi connectivity index (χ4v) is 3.43. The molecule has 4 aromatic rings. The van der Waals surface area contributed by atoms with E-state index in [2.05, 4.69) is 26.9 Å². The minimum Gasteiger partial charge on any atom is -0.338 e. The van der Waals surface area contributed by atoms with Crippen molar-refractivity contribution in [2.24, 2.45) is 0 Å². The third-order valence-electron chi connectivity index (χ3n) is 4.03. The Bertz CT molecular complexity index is 1020. The van der Waals surface area contributed by atoms with E-state index >= 15 is 0 Å². The SMILES string of the molecule is Cc1ccc(NC(=O)c2cccn2Cc2cccs2)cc1-n1cnnn1. The van der Waals surface area contributed by atoms with Crippen molar-refractivity contribution in [1.29, 1.82) is 0 Å². The quantitative estimate of drug-likeness (QED) is 0.590. The van der Waals surface area contributed by atoms with Crippen LogP contribution in [0.3, 0.4) is 0 Å². The maximum atomic E-state index is 12.7. The van der Waals surface area contributed by atoms with Gasteiger partial charge in [-0.15, -0.1) is 16.4 Å². The van der Waals surface area contributed by atoms with Crippen LogP contribution in [0.2, 0.25) is 0 Å². The lowest BCUT2D eigenvalue weighted by atomic mass is 10.2. The zero-order valence-electron chi connectivity index (χ0n) is 14.0. The molecule has 0 radical (unpaired) electrons. The Kier molecular flexibility index (Phi) is 4.32. The molecular formula is C18H16N6OS. The molecule has 0 aliphatic carbocycles. The molecule has 1 amide bonds. The molecular weight excluding hydrogens is 348 g/mol. The van der Waals surface area contributed by atoms with E-state index in [-0.39, 0.29) is 5.91 Å². The van der Waals surface area contributed by atoms with E-state index in [1.165, 1.54) is 11.2 Å². The molecule has 0 unspecified atom stereocenters. The number of hydrogen-bond acceptors (Lipinski definition) is 5. The lowest BCUT2D eigenvalue weighted by Crippen LogP contribution is -2.17. The minimum atomic E-state index is -0.155. The Hall–Kier alpha value is -3.26. The van der Waals surface area contributed by atoms with Crippen molar-refractivity contribution in [2.45, 2.75) is 13.5 Å². The summed E-state index contributed by atoms with van der Waals surface area (Å²) in [6.07, 6.45) is 3.44. The van der Waals surface area contributed by atoms with Crippen LogP contribution in [0.15, 0.2) is 60.4 Å². The lowest BCUT2D eigenvalue weighted by molar-refractivity contribution is 0.101. The van der Waals surface area contributed by atoms with Crippen LogP contribution in [0.4, 0.5) is 5.69 Å². The smallest absolute Gasteiger partial charge is 0.272 e. The van der Waals surface area contributed by atoms with Gasteiger partial charge in [0.1, 0.15) is 12.0 Å². The normalized spacial score (nSPS) is 10.8. The van der Waals surface area contributed by atoms with Gasteiger partial charge in [-0.25, -0.2) is 4.68 Å². The second kappa shape index (κ2) is 6.93. The molecule has 0 aliphatic heterocycles. The highest BCUT2D eigenvalue weighted by Gasteiger charge is 2.13. The highest BCUT2D eigenvalue weighted by atomic mass is 32.1. The molecule has 0 aliphatic rings. The molecule has 130 valence electrons. The monoisotopic (exact) mass is 364 g/mol. The van der Waals surface area contributed by atoms with E-state index in [1.807, 2.05) is 59.5 Å². The molecule has 0 spiro atoms. The fraction of sp³-hybridized carbons (Fsp3) is 0.111. The molecule has 26 heavy (non-hydrogen) atoms. The zero-order valence-corrected chi connectivity index (χ0v) is 14.8. The molecule has 0 saturated carbocycles. The average Bonchev–Trinajstić information content (AvgIpc) is 3.39. The van der Waals surface area contributed by atoms with Crippen LogP contribution in [-0.4, -0.2) is 30.7 Å². The van der Waals surface area contributed by atoms with Gasteiger partial charge in [-0.05, 0) is 58.6 Å². The molecule has 4 rings (SSSR count). The molecule has 0 fully saturated rings. The van der Waals surface area contributed by atoms with Crippen LogP contribution >= 0.6 is 11.3 Å². The molecule has 0 bridgehead atoms. The molecule has 7 nitrogen and oxygen atoms in total. The molecule has 1 aromatic carbocycles. The number of aryl methyl sites for hydroxylation is 1. The first-order chi connectivity index (χ1) is 12.7. The van der Waals surface area contributed by atoms with Crippen molar-refractivity contribution in [3.8, 4) is 5.69 Å². The topological polar surface area (TPSA) is 77.6 Å². The number of tetrazole rings is 1. The van der Waals surface area contributed by atoms with Crippen LogP contribution in [-0.2, 0) is 6.54 Å². The summed E-state index contributed by atoms with van der Waals surface area (Å²) in [4.78, 5) is 13.9. The summed E-state index contributed by atoms with van der Waals surface area (Å²) in [7, 11) is 0. The van der Waals surface area contributed by atoms with E-state index < -0.39 is 0 Å². The molecule has 1 N–H and O–H groups in total. The van der Waals surface area contributed by atoms with E-state index in [9.17, 15) is 4.79 Å². The standard InChI is InChI=1S/C18H16N6OS/c1-13-6-7-14(10-17(13)24-12-19-21-22-24)20-18(25)16-5-2-8-23(16)11-15-4-3-9-26-15/h2-10,12H,11H2,1H3,(H,20,25). The minimum absolute atomic E-state index is 0.155. The third-order valence-corrected chi connectivity index (χ3v) is 4.89. The van der Waals surface area contributed by atoms with Gasteiger partial charge in [-0.1, -0.05) is 12.1 Å². The predicted octanol–water partition coefficient (Wildman–Crippen LogP) is 3.13. The number of carbonyl (C=O) groups is 1. The van der Waals surface area contributed by atoms with E-state index in [0.29, 0.717) is 17.9 Å². The van der Waals surface area contributed by atoms with Crippen LogP contribution in [0.1, 0.15) is 20.9 Å². The maximum Gasteiger partial charge on any atom is 0.272 e. The van der Waals surface area contributed by atoms with E-state index in [4.69, 9.17) is 0 Å². The largest absolute Gasteiger partial charge is 0.338 e. The van der Waals surface area contributed by atoms with Gasteiger partial charge in [0.25, 0.3) is 5.91 Å². The molecule has 0 saturated heterocycles. The third kappa shape index (κ3) is 3.27. The number of benzene rings is 1. The Balaban J connectivity index is 1.56. The van der Waals surface area contributed by atoms with Gasteiger partial charge < -0.3 is 9.88 Å². The van der Waals surface area contributed by atoms with Crippen LogP contribution in [0.25, 0.3) is 5.69 Å². The number of nitrogens with one attached hydrogen (secondary N) is 1. The fourth-order valence-electron chi connectivity index (χ4n) is 2.73. The van der Waals surface area contributed by atoms with Crippen LogP contribution in [0, 0.1) is 6.92 Å². The molecule has 8 heteroatoms. The first-order valence-electron chi connectivity index (χ1n) is 8.03. The Labute approximate surface area is 153 Å². The number of hydrogen-bond donors (Lipinski definition) is 1. The number of amides is 1. The number of thiophene rings is 1. The van der Waals surface area contributed by atoms with Gasteiger partial charge in [0, 0.05) is 16.8 Å². The van der Waals surface area contributed by atoms with Crippen molar-refractivity contribution < 1.29 is 4.79 Å². The molecule has 3 aromatic heterocycles. The Morgan fingerprint density at radius 3 is 2.92 bits per heavy atom. The second-order valence-corrected chi connectivity index (χ2v) is 6.84. The van der Waals surface area contributed by atoms with Crippen LogP contribution in [0.5, 0.6) is 0 Å². The van der Waals surface area contributed by atoms with Crippen molar-refractivity contribution in [1.82, 2.24) is 24.8 Å². The van der Waals surface area contributed by atoms with Crippen molar-refractivity contribution in [3.63, 3.8) is 0 Å². The van der Waals surface area contributed by atoms with Crippen molar-refractivity contribution in [2.75, 3.05) is 5.32 Å². The summed E-state index contributed by atoms with van der Waals surface area (Å²) >= 11 is 1.67. The van der Waals surface area contributed by atoms with Gasteiger partial charge in [0.15, 0.2) is 0 Å². The highest BCUT2D eigenvalue weighted by molar-refractivity contribution is 7.09. The summed E-state index contributed by atoms with van der Waals surface area (Å²) < 4.78 is 3.52. The molecule has 0 atom stereocenters. The van der Waals surface area contributed by atoms with Gasteiger partial charge in [0.05, 0.1) is 12.2 Å². The second-order valence-electron chi connectivity index (χ2n) is 5.81. The summed E-state index contributed by atoms with van der Waals surface area (Å²) in [6.45, 7) is 2.64. The number of carbonyl (C=O) groups excluding carboxylic acids is 1. The molecule has 3 heterocycles. The number of nitrogens with zero attached hydrogens (tertiary/aromatic N) is 5. The number of anilines is 1. The number of aromatic nitrogens is 5. The summed E-state index contributed by atoms with van der Waals surface area (Å²) in [5, 5.41) is 16.2. The zero-order chi connectivity index (χ0) is 17.9. The van der Waals surface area contributed by atoms with E-state index in [1.54, 1.807) is 16.0 Å². The Morgan fingerprint density at radius 2 is 2.15 bits per heavy atom. The van der Waals surface area contributed by atoms with Gasteiger partial charge in [-0.2, -0.15) is 0 Å². The summed E-state index contributed by atoms with van der Waals surface area (Å²) in [6, 6.07) is 13.4. The van der Waals surface area contributed by atoms with Crippen molar-refractivity contribution in [3.05, 3.63) is 76.5 Å². The summed E-state index contributed by atoms with van der Waals surface area (Å²) in [5.74, 6) is -0.155. The van der Waals surface area contributed by atoms with Gasteiger partial charge in [-0.3, -0.25) is 4.79 Å². The Morgan fingerprint density at radius 1 is 1.23 bits per heavy atom.